The van der Waals surface area contributed by atoms with E-state index in [1.807, 2.05) is 6.20 Å². The molecule has 8 heteroatoms. The number of H-pyrrole nitrogens is 1. The Morgan fingerprint density at radius 2 is 2.24 bits per heavy atom. The Bertz CT molecular complexity index is 678. The number of rotatable bonds is 7. The van der Waals surface area contributed by atoms with Gasteiger partial charge >= 0.3 is 0 Å². The van der Waals surface area contributed by atoms with Crippen LogP contribution >= 0.6 is 39.9 Å². The number of nitrogens with zero attached hydrogens (tertiary/aromatic N) is 4. The van der Waals surface area contributed by atoms with Gasteiger partial charge in [-0.1, -0.05) is 0 Å². The molecule has 0 aliphatic heterocycles. The van der Waals surface area contributed by atoms with E-state index in [0.717, 1.165) is 48.6 Å². The molecule has 0 unspecified atom stereocenters. The van der Waals surface area contributed by atoms with E-state index in [1.54, 1.807) is 0 Å². The molecule has 0 aliphatic carbocycles. The predicted molar refractivity (Wildman–Crippen MR) is 118 cm³/mol. The van der Waals surface area contributed by atoms with Crippen LogP contribution in [0.1, 0.15) is 30.3 Å². The number of aryl methyl sites for hydroxylation is 3. The molecule has 0 aromatic carbocycles. The Morgan fingerprint density at radius 3 is 2.80 bits per heavy atom. The van der Waals surface area contributed by atoms with Gasteiger partial charge in [0.1, 0.15) is 0 Å². The molecule has 0 saturated heterocycles. The highest BCUT2D eigenvalue weighted by Crippen LogP contribution is 2.15. The van der Waals surface area contributed by atoms with Crippen LogP contribution in [0.15, 0.2) is 27.9 Å². The average Bonchev–Trinajstić information content (AvgIpc) is 3.07. The second kappa shape index (κ2) is 10.8. The quantitative estimate of drug-likeness (QED) is 0.253. The fourth-order valence-corrected chi connectivity index (χ4v) is 3.16. The molecule has 0 spiro atoms. The van der Waals surface area contributed by atoms with Crippen molar-refractivity contribution in [1.29, 1.82) is 0 Å². The molecule has 2 N–H and O–H groups in total. The monoisotopic (exact) mass is 522 g/mol. The molecular formula is C17H28BrIN6. The molecule has 2 heterocycles. The van der Waals surface area contributed by atoms with Gasteiger partial charge in [-0.05, 0) is 54.2 Å². The summed E-state index contributed by atoms with van der Waals surface area (Å²) in [6.45, 7) is 6.63. The molecule has 0 radical (unpaired) electrons. The van der Waals surface area contributed by atoms with Crippen LogP contribution in [-0.2, 0) is 20.0 Å². The van der Waals surface area contributed by atoms with Crippen LogP contribution in [0.2, 0.25) is 0 Å². The Labute approximate surface area is 175 Å². The van der Waals surface area contributed by atoms with Gasteiger partial charge in [0.25, 0.3) is 0 Å². The number of nitrogens with one attached hydrogen (secondary N) is 2. The molecule has 0 atom stereocenters. The van der Waals surface area contributed by atoms with Crippen LogP contribution in [0.5, 0.6) is 0 Å². The molecule has 0 amide bonds. The second-order valence-electron chi connectivity index (χ2n) is 5.98. The summed E-state index contributed by atoms with van der Waals surface area (Å²) in [5, 5.41) is 10.4. The smallest absolute Gasteiger partial charge is 0.194 e. The molecule has 25 heavy (non-hydrogen) atoms. The van der Waals surface area contributed by atoms with Gasteiger partial charge in [-0.3, -0.25) is 10.1 Å². The first-order chi connectivity index (χ1) is 11.5. The highest BCUT2D eigenvalue weighted by atomic mass is 127. The van der Waals surface area contributed by atoms with Gasteiger partial charge in [-0.15, -0.1) is 24.0 Å². The minimum absolute atomic E-state index is 0. The Hall–Kier alpha value is -1.03. The fraction of sp³-hybridized carbons (Fsp3) is 0.529. The zero-order valence-corrected chi connectivity index (χ0v) is 19.3. The molecule has 140 valence electrons. The third kappa shape index (κ3) is 6.65. The topological polar surface area (TPSA) is 61.2 Å². The van der Waals surface area contributed by atoms with E-state index in [4.69, 9.17) is 4.99 Å². The lowest BCUT2D eigenvalue weighted by molar-refractivity contribution is 0.461. The molecular weight excluding hydrogens is 495 g/mol. The van der Waals surface area contributed by atoms with E-state index < -0.39 is 0 Å². The summed E-state index contributed by atoms with van der Waals surface area (Å²) in [5.74, 6) is 0.943. The van der Waals surface area contributed by atoms with E-state index in [1.165, 1.54) is 11.3 Å². The van der Waals surface area contributed by atoms with E-state index in [0.29, 0.717) is 0 Å². The first-order valence-corrected chi connectivity index (χ1v) is 9.09. The molecule has 6 nitrogen and oxygen atoms in total. The third-order valence-electron chi connectivity index (χ3n) is 3.97. The second-order valence-corrected chi connectivity index (χ2v) is 6.89. The van der Waals surface area contributed by atoms with Gasteiger partial charge in [0.15, 0.2) is 5.96 Å². The SMILES string of the molecule is CCNC(=NCCCc1cn[nH]c1C)N(C)Cc1cc(Br)cn1C.I. The van der Waals surface area contributed by atoms with Crippen LogP contribution in [0.25, 0.3) is 0 Å². The maximum atomic E-state index is 4.75. The lowest BCUT2D eigenvalue weighted by Crippen LogP contribution is -2.38. The van der Waals surface area contributed by atoms with Crippen LogP contribution in [0, 0.1) is 6.92 Å². The number of aromatic amines is 1. The number of aliphatic imine (C=N–C) groups is 1. The Balaban J connectivity index is 0.00000312. The highest BCUT2D eigenvalue weighted by molar-refractivity contribution is 14.0. The van der Waals surface area contributed by atoms with Gasteiger partial charge in [0, 0.05) is 49.2 Å². The summed E-state index contributed by atoms with van der Waals surface area (Å²) >= 11 is 3.52. The molecule has 0 bridgehead atoms. The maximum Gasteiger partial charge on any atom is 0.194 e. The van der Waals surface area contributed by atoms with E-state index in [-0.39, 0.29) is 24.0 Å². The average molecular weight is 523 g/mol. The number of hydrogen-bond donors (Lipinski definition) is 2. The summed E-state index contributed by atoms with van der Waals surface area (Å²) in [7, 11) is 4.13. The fourth-order valence-electron chi connectivity index (χ4n) is 2.59. The van der Waals surface area contributed by atoms with Crippen molar-refractivity contribution in [3.05, 3.63) is 39.9 Å². The predicted octanol–water partition coefficient (Wildman–Crippen LogP) is 3.47. The molecule has 2 rings (SSSR count). The molecule has 0 aliphatic rings. The Kier molecular flexibility index (Phi) is 9.55. The zero-order chi connectivity index (χ0) is 17.5. The lowest BCUT2D eigenvalue weighted by atomic mass is 10.1. The maximum absolute atomic E-state index is 4.75. The zero-order valence-electron chi connectivity index (χ0n) is 15.3. The molecule has 2 aromatic rings. The van der Waals surface area contributed by atoms with Gasteiger partial charge in [-0.2, -0.15) is 5.10 Å². The van der Waals surface area contributed by atoms with Crippen molar-refractivity contribution >= 4 is 45.9 Å². The summed E-state index contributed by atoms with van der Waals surface area (Å²) < 4.78 is 3.23. The summed E-state index contributed by atoms with van der Waals surface area (Å²) in [4.78, 5) is 6.92. The molecule has 2 aromatic heterocycles. The molecule has 0 fully saturated rings. The van der Waals surface area contributed by atoms with Gasteiger partial charge in [0.05, 0.1) is 12.7 Å². The highest BCUT2D eigenvalue weighted by Gasteiger charge is 2.09. The van der Waals surface area contributed by atoms with Gasteiger partial charge in [0.2, 0.25) is 0 Å². The van der Waals surface area contributed by atoms with Gasteiger partial charge < -0.3 is 14.8 Å². The number of halogens is 2. The first-order valence-electron chi connectivity index (χ1n) is 8.30. The van der Waals surface area contributed by atoms with Crippen LogP contribution in [-0.4, -0.2) is 45.8 Å². The number of guanidine groups is 1. The largest absolute Gasteiger partial charge is 0.357 e. The first kappa shape index (κ1) is 22.0. The van der Waals surface area contributed by atoms with Gasteiger partial charge in [-0.25, -0.2) is 0 Å². The van der Waals surface area contributed by atoms with E-state index >= 15 is 0 Å². The summed E-state index contributed by atoms with van der Waals surface area (Å²) in [6, 6.07) is 2.14. The van der Waals surface area contributed by atoms with Crippen molar-refractivity contribution < 1.29 is 0 Å². The molecule has 0 saturated carbocycles. The number of aromatic nitrogens is 3. The minimum Gasteiger partial charge on any atom is -0.357 e. The van der Waals surface area contributed by atoms with Crippen molar-refractivity contribution in [2.45, 2.75) is 33.2 Å². The lowest BCUT2D eigenvalue weighted by Gasteiger charge is -2.22. The summed E-state index contributed by atoms with van der Waals surface area (Å²) in [5.41, 5.74) is 3.67. The van der Waals surface area contributed by atoms with Crippen molar-refractivity contribution in [1.82, 2.24) is 25.0 Å². The van der Waals surface area contributed by atoms with Crippen molar-refractivity contribution in [3.63, 3.8) is 0 Å². The van der Waals surface area contributed by atoms with Crippen LogP contribution < -0.4 is 5.32 Å². The number of hydrogen-bond acceptors (Lipinski definition) is 2. The van der Waals surface area contributed by atoms with E-state index in [9.17, 15) is 0 Å². The third-order valence-corrected chi connectivity index (χ3v) is 4.40. The van der Waals surface area contributed by atoms with Crippen LogP contribution in [0.4, 0.5) is 0 Å². The normalized spacial score (nSPS) is 11.3. The Morgan fingerprint density at radius 1 is 1.48 bits per heavy atom. The van der Waals surface area contributed by atoms with Crippen molar-refractivity contribution in [2.24, 2.45) is 12.0 Å². The minimum atomic E-state index is 0. The summed E-state index contributed by atoms with van der Waals surface area (Å²) in [6.07, 6.45) is 5.99. The standard InChI is InChI=1S/C17H27BrN6.HI/c1-5-19-17(20-8-6-7-14-10-21-22-13(14)2)24(4)12-16-9-15(18)11-23(16)3;/h9-11H,5-8,12H2,1-4H3,(H,19,20)(H,21,22);1H. The van der Waals surface area contributed by atoms with Crippen molar-refractivity contribution in [3.8, 4) is 0 Å². The van der Waals surface area contributed by atoms with E-state index in [2.05, 4.69) is 81.1 Å². The van der Waals surface area contributed by atoms with Crippen LogP contribution in [0.3, 0.4) is 0 Å². The van der Waals surface area contributed by atoms with Crippen molar-refractivity contribution in [2.75, 3.05) is 20.1 Å².